The molecule has 1 saturated heterocycles. The van der Waals surface area contributed by atoms with Gasteiger partial charge in [0.2, 0.25) is 5.95 Å². The Morgan fingerprint density at radius 3 is 2.72 bits per heavy atom. The van der Waals surface area contributed by atoms with Crippen LogP contribution >= 0.6 is 0 Å². The second-order valence-corrected chi connectivity index (χ2v) is 5.16. The molecule has 1 aromatic rings. The van der Waals surface area contributed by atoms with E-state index >= 15 is 0 Å². The molecule has 2 rings (SSSR count). The van der Waals surface area contributed by atoms with Crippen LogP contribution in [-0.2, 0) is 0 Å². The minimum atomic E-state index is -0.973. The smallest absolute Gasteiger partial charge is 0.339 e. The highest BCUT2D eigenvalue weighted by molar-refractivity contribution is 5.88. The fourth-order valence-electron chi connectivity index (χ4n) is 2.26. The van der Waals surface area contributed by atoms with E-state index in [2.05, 4.69) is 28.7 Å². The average molecular weight is 249 g/mol. The summed E-state index contributed by atoms with van der Waals surface area (Å²) in [6.07, 6.45) is 2.53. The van der Waals surface area contributed by atoms with Crippen LogP contribution in [0.3, 0.4) is 0 Å². The number of aromatic carboxylic acids is 1. The van der Waals surface area contributed by atoms with Crippen LogP contribution in [0.1, 0.15) is 36.3 Å². The van der Waals surface area contributed by atoms with Gasteiger partial charge in [-0.15, -0.1) is 0 Å². The summed E-state index contributed by atoms with van der Waals surface area (Å²) < 4.78 is 0. The van der Waals surface area contributed by atoms with Crippen molar-refractivity contribution in [1.82, 2.24) is 9.97 Å². The van der Waals surface area contributed by atoms with Gasteiger partial charge in [0.25, 0.3) is 0 Å². The lowest BCUT2D eigenvalue weighted by molar-refractivity contribution is 0.0695. The summed E-state index contributed by atoms with van der Waals surface area (Å²) in [6.45, 7) is 8.09. The van der Waals surface area contributed by atoms with Crippen molar-refractivity contribution in [3.8, 4) is 0 Å². The summed E-state index contributed by atoms with van der Waals surface area (Å²) in [6, 6.07) is 0. The number of rotatable bonds is 2. The largest absolute Gasteiger partial charge is 0.478 e. The van der Waals surface area contributed by atoms with E-state index in [0.717, 1.165) is 25.4 Å². The average Bonchev–Trinajstić information content (AvgIpc) is 2.32. The highest BCUT2D eigenvalue weighted by Gasteiger charge is 2.24. The third-order valence-electron chi connectivity index (χ3n) is 3.81. The maximum atomic E-state index is 10.9. The number of carboxylic acid groups (broad SMARTS) is 1. The number of aromatic nitrogens is 2. The van der Waals surface area contributed by atoms with Crippen molar-refractivity contribution < 1.29 is 9.90 Å². The van der Waals surface area contributed by atoms with E-state index in [4.69, 9.17) is 5.11 Å². The Bertz CT molecular complexity index is 462. The fraction of sp³-hybridized carbons (Fsp3) is 0.615. The summed E-state index contributed by atoms with van der Waals surface area (Å²) in [5.41, 5.74) is 0.705. The number of carboxylic acids is 1. The Balaban J connectivity index is 2.19. The van der Waals surface area contributed by atoms with E-state index < -0.39 is 5.97 Å². The minimum absolute atomic E-state index is 0.178. The molecule has 2 atom stereocenters. The molecule has 1 aliphatic rings. The maximum absolute atomic E-state index is 10.9. The van der Waals surface area contributed by atoms with E-state index in [9.17, 15) is 4.79 Å². The zero-order chi connectivity index (χ0) is 13.3. The molecule has 1 aromatic heterocycles. The molecular weight excluding hydrogens is 230 g/mol. The van der Waals surface area contributed by atoms with E-state index in [1.54, 1.807) is 6.92 Å². The SMILES string of the molecule is Cc1nc(N2CCC(C)C(C)C2)ncc1C(=O)O. The number of carbonyl (C=O) groups is 1. The molecule has 0 radical (unpaired) electrons. The Labute approximate surface area is 107 Å². The fourth-order valence-corrected chi connectivity index (χ4v) is 2.26. The van der Waals surface area contributed by atoms with Gasteiger partial charge in [0, 0.05) is 19.3 Å². The summed E-state index contributed by atoms with van der Waals surface area (Å²) >= 11 is 0. The molecule has 0 bridgehead atoms. The Morgan fingerprint density at radius 1 is 1.44 bits per heavy atom. The molecule has 5 heteroatoms. The maximum Gasteiger partial charge on any atom is 0.339 e. The topological polar surface area (TPSA) is 66.3 Å². The zero-order valence-corrected chi connectivity index (χ0v) is 11.1. The predicted octanol–water partition coefficient (Wildman–Crippen LogP) is 1.97. The van der Waals surface area contributed by atoms with Gasteiger partial charge in [-0.05, 0) is 25.2 Å². The number of aryl methyl sites for hydroxylation is 1. The molecule has 98 valence electrons. The normalized spacial score (nSPS) is 24.1. The lowest BCUT2D eigenvalue weighted by atomic mass is 9.89. The van der Waals surface area contributed by atoms with Gasteiger partial charge < -0.3 is 10.0 Å². The number of hydrogen-bond donors (Lipinski definition) is 1. The first-order chi connectivity index (χ1) is 8.49. The standard InChI is InChI=1S/C13H19N3O2/c1-8-4-5-16(7-9(8)2)13-14-6-11(12(17)18)10(3)15-13/h6,8-9H,4-5,7H2,1-3H3,(H,17,18). The van der Waals surface area contributed by atoms with Crippen LogP contribution in [0.4, 0.5) is 5.95 Å². The van der Waals surface area contributed by atoms with Crippen molar-refractivity contribution in [2.24, 2.45) is 11.8 Å². The Morgan fingerprint density at radius 2 is 2.17 bits per heavy atom. The van der Waals surface area contributed by atoms with E-state index in [1.165, 1.54) is 6.20 Å². The highest BCUT2D eigenvalue weighted by atomic mass is 16.4. The molecule has 1 N–H and O–H groups in total. The summed E-state index contributed by atoms with van der Waals surface area (Å²) in [4.78, 5) is 21.5. The van der Waals surface area contributed by atoms with Crippen LogP contribution in [0.15, 0.2) is 6.20 Å². The van der Waals surface area contributed by atoms with Gasteiger partial charge in [0.15, 0.2) is 0 Å². The molecule has 1 fully saturated rings. The lowest BCUT2D eigenvalue weighted by Crippen LogP contribution is -2.39. The minimum Gasteiger partial charge on any atom is -0.478 e. The van der Waals surface area contributed by atoms with Crippen molar-refractivity contribution in [2.45, 2.75) is 27.2 Å². The lowest BCUT2D eigenvalue weighted by Gasteiger charge is -2.35. The molecule has 18 heavy (non-hydrogen) atoms. The van der Waals surface area contributed by atoms with E-state index in [-0.39, 0.29) is 5.56 Å². The first-order valence-electron chi connectivity index (χ1n) is 6.31. The van der Waals surface area contributed by atoms with Gasteiger partial charge >= 0.3 is 5.97 Å². The van der Waals surface area contributed by atoms with Crippen molar-refractivity contribution in [3.05, 3.63) is 17.5 Å². The van der Waals surface area contributed by atoms with Gasteiger partial charge in [-0.1, -0.05) is 13.8 Å². The van der Waals surface area contributed by atoms with Crippen molar-refractivity contribution in [1.29, 1.82) is 0 Å². The predicted molar refractivity (Wildman–Crippen MR) is 68.9 cm³/mol. The van der Waals surface area contributed by atoms with Gasteiger partial charge in [0.1, 0.15) is 0 Å². The molecule has 0 aromatic carbocycles. The molecule has 5 nitrogen and oxygen atoms in total. The van der Waals surface area contributed by atoms with Gasteiger partial charge in [0.05, 0.1) is 11.3 Å². The second-order valence-electron chi connectivity index (χ2n) is 5.16. The zero-order valence-electron chi connectivity index (χ0n) is 11.1. The second kappa shape index (κ2) is 4.92. The van der Waals surface area contributed by atoms with Crippen molar-refractivity contribution >= 4 is 11.9 Å². The van der Waals surface area contributed by atoms with Crippen LogP contribution in [0, 0.1) is 18.8 Å². The monoisotopic (exact) mass is 249 g/mol. The van der Waals surface area contributed by atoms with E-state index in [0.29, 0.717) is 17.6 Å². The highest BCUT2D eigenvalue weighted by Crippen LogP contribution is 2.25. The van der Waals surface area contributed by atoms with Gasteiger partial charge in [-0.2, -0.15) is 0 Å². The number of anilines is 1. The first kappa shape index (κ1) is 12.8. The van der Waals surface area contributed by atoms with Gasteiger partial charge in [-0.25, -0.2) is 14.8 Å². The molecule has 0 aliphatic carbocycles. The molecule has 0 spiro atoms. The Kier molecular flexibility index (Phi) is 3.50. The molecule has 2 heterocycles. The quantitative estimate of drug-likeness (QED) is 0.868. The third kappa shape index (κ3) is 2.44. The van der Waals surface area contributed by atoms with Crippen LogP contribution in [-0.4, -0.2) is 34.1 Å². The molecule has 0 amide bonds. The van der Waals surface area contributed by atoms with Crippen molar-refractivity contribution in [2.75, 3.05) is 18.0 Å². The van der Waals surface area contributed by atoms with Crippen LogP contribution < -0.4 is 4.90 Å². The Hall–Kier alpha value is -1.65. The third-order valence-corrected chi connectivity index (χ3v) is 3.81. The van der Waals surface area contributed by atoms with Crippen LogP contribution in [0.25, 0.3) is 0 Å². The summed E-state index contributed by atoms with van der Waals surface area (Å²) in [5.74, 6) is 1.01. The van der Waals surface area contributed by atoms with Crippen LogP contribution in [0.5, 0.6) is 0 Å². The summed E-state index contributed by atoms with van der Waals surface area (Å²) in [7, 11) is 0. The van der Waals surface area contributed by atoms with Crippen molar-refractivity contribution in [3.63, 3.8) is 0 Å². The molecular formula is C13H19N3O2. The summed E-state index contributed by atoms with van der Waals surface area (Å²) in [5, 5.41) is 8.95. The van der Waals surface area contributed by atoms with Crippen LogP contribution in [0.2, 0.25) is 0 Å². The first-order valence-corrected chi connectivity index (χ1v) is 6.31. The molecule has 2 unspecified atom stereocenters. The van der Waals surface area contributed by atoms with E-state index in [1.807, 2.05) is 0 Å². The number of hydrogen-bond acceptors (Lipinski definition) is 4. The van der Waals surface area contributed by atoms with Gasteiger partial charge in [-0.3, -0.25) is 0 Å². The molecule has 0 saturated carbocycles. The number of piperidine rings is 1. The number of nitrogens with zero attached hydrogens (tertiary/aromatic N) is 3. The molecule has 1 aliphatic heterocycles.